The summed E-state index contributed by atoms with van der Waals surface area (Å²) in [6.45, 7) is 0. The normalized spacial score (nSPS) is 23.1. The molecule has 2 aromatic rings. The van der Waals surface area contributed by atoms with Crippen LogP contribution in [0.1, 0.15) is 25.3 Å². The van der Waals surface area contributed by atoms with Crippen molar-refractivity contribution < 1.29 is 4.74 Å². The van der Waals surface area contributed by atoms with Crippen molar-refractivity contribution in [2.24, 2.45) is 0 Å². The fourth-order valence-electron chi connectivity index (χ4n) is 2.88. The number of methoxy groups -OCH3 is 1. The van der Waals surface area contributed by atoms with Crippen molar-refractivity contribution in [3.8, 4) is 5.88 Å². The van der Waals surface area contributed by atoms with Crippen LogP contribution in [0.4, 0.5) is 0 Å². The van der Waals surface area contributed by atoms with E-state index in [1.165, 1.54) is 19.3 Å². The molecule has 0 saturated heterocycles. The molecule has 0 radical (unpaired) electrons. The fourth-order valence-corrected chi connectivity index (χ4v) is 4.19. The highest BCUT2D eigenvalue weighted by molar-refractivity contribution is 7.99. The molecule has 4 nitrogen and oxygen atoms in total. The molecule has 2 unspecified atom stereocenters. The van der Waals surface area contributed by atoms with Crippen LogP contribution in [0, 0.1) is 4.77 Å². The van der Waals surface area contributed by atoms with Crippen molar-refractivity contribution in [1.82, 2.24) is 14.5 Å². The van der Waals surface area contributed by atoms with E-state index in [0.29, 0.717) is 17.2 Å². The Morgan fingerprint density at radius 3 is 3.05 bits per heavy atom. The Bertz CT molecular complexity index is 649. The van der Waals surface area contributed by atoms with Gasteiger partial charge in [0.2, 0.25) is 5.88 Å². The molecular weight excluding hydrogens is 278 g/mol. The molecule has 0 amide bonds. The molecule has 1 saturated carbocycles. The molecule has 0 aromatic carbocycles. The van der Waals surface area contributed by atoms with E-state index in [0.717, 1.165) is 15.9 Å². The number of hydrogen-bond donors (Lipinski definition) is 1. The maximum atomic E-state index is 5.49. The first kappa shape index (κ1) is 13.0. The second-order valence-corrected chi connectivity index (χ2v) is 6.26. The quantitative estimate of drug-likeness (QED) is 0.879. The summed E-state index contributed by atoms with van der Waals surface area (Å²) >= 11 is 7.41. The lowest BCUT2D eigenvalue weighted by Crippen LogP contribution is -2.16. The van der Waals surface area contributed by atoms with E-state index >= 15 is 0 Å². The topological polar surface area (TPSA) is 42.8 Å². The number of rotatable bonds is 3. The zero-order chi connectivity index (χ0) is 13.4. The lowest BCUT2D eigenvalue weighted by atomic mass is 10.2. The number of hydrogen-bond acceptors (Lipinski definition) is 4. The van der Waals surface area contributed by atoms with Gasteiger partial charge in [0.15, 0.2) is 10.4 Å². The van der Waals surface area contributed by atoms with Gasteiger partial charge in [-0.15, -0.1) is 0 Å². The SMILES string of the molecule is COc1ccc2[nH]c(=S)n(C3CCCC3SC)c2n1. The van der Waals surface area contributed by atoms with Crippen molar-refractivity contribution in [2.75, 3.05) is 13.4 Å². The minimum absolute atomic E-state index is 0.441. The summed E-state index contributed by atoms with van der Waals surface area (Å²) in [6, 6.07) is 4.28. The lowest BCUT2D eigenvalue weighted by Gasteiger charge is -2.19. The number of nitrogens with one attached hydrogen (secondary N) is 1. The van der Waals surface area contributed by atoms with Gasteiger partial charge in [-0.05, 0) is 37.4 Å². The lowest BCUT2D eigenvalue weighted by molar-refractivity contribution is 0.398. The Morgan fingerprint density at radius 2 is 2.32 bits per heavy atom. The van der Waals surface area contributed by atoms with E-state index < -0.39 is 0 Å². The Kier molecular flexibility index (Phi) is 3.54. The first-order valence-electron chi connectivity index (χ1n) is 6.42. The summed E-state index contributed by atoms with van der Waals surface area (Å²) in [5.41, 5.74) is 1.90. The molecule has 1 aliphatic carbocycles. The van der Waals surface area contributed by atoms with Crippen LogP contribution in [0.25, 0.3) is 11.2 Å². The van der Waals surface area contributed by atoms with E-state index in [-0.39, 0.29) is 0 Å². The summed E-state index contributed by atoms with van der Waals surface area (Å²) in [5.74, 6) is 0.633. The standard InChI is InChI=1S/C13H17N3OS2/c1-17-11-7-6-8-12(15-11)16(13(18)14-8)9-4-3-5-10(9)19-2/h6-7,9-10H,3-5H2,1-2H3,(H,14,18). The summed E-state index contributed by atoms with van der Waals surface area (Å²) in [6.07, 6.45) is 5.86. The molecule has 6 heteroatoms. The Labute approximate surface area is 121 Å². The Morgan fingerprint density at radius 1 is 1.47 bits per heavy atom. The van der Waals surface area contributed by atoms with Gasteiger partial charge >= 0.3 is 0 Å². The van der Waals surface area contributed by atoms with Gasteiger partial charge in [-0.1, -0.05) is 6.42 Å². The largest absolute Gasteiger partial charge is 0.481 e. The highest BCUT2D eigenvalue weighted by Crippen LogP contribution is 2.39. The van der Waals surface area contributed by atoms with Crippen LogP contribution in [0.5, 0.6) is 5.88 Å². The molecule has 1 fully saturated rings. The number of H-pyrrole nitrogens is 1. The van der Waals surface area contributed by atoms with Gasteiger partial charge in [-0.3, -0.25) is 4.57 Å². The Balaban J connectivity index is 2.16. The van der Waals surface area contributed by atoms with Crippen LogP contribution >= 0.6 is 24.0 Å². The zero-order valence-corrected chi connectivity index (χ0v) is 12.7. The molecule has 0 spiro atoms. The molecule has 0 aliphatic heterocycles. The summed E-state index contributed by atoms with van der Waals surface area (Å²) in [5, 5.41) is 0.624. The number of fused-ring (bicyclic) bond motifs is 1. The minimum Gasteiger partial charge on any atom is -0.481 e. The third kappa shape index (κ3) is 2.17. The molecule has 1 N–H and O–H groups in total. The van der Waals surface area contributed by atoms with Gasteiger partial charge in [0.25, 0.3) is 0 Å². The predicted molar refractivity (Wildman–Crippen MR) is 81.7 cm³/mol. The first-order chi connectivity index (χ1) is 9.24. The molecule has 2 atom stereocenters. The number of pyridine rings is 1. The van der Waals surface area contributed by atoms with E-state index in [1.807, 2.05) is 23.9 Å². The second kappa shape index (κ2) is 5.17. The maximum Gasteiger partial charge on any atom is 0.215 e. The van der Waals surface area contributed by atoms with Gasteiger partial charge in [0.1, 0.15) is 0 Å². The van der Waals surface area contributed by atoms with Crippen LogP contribution in [0.15, 0.2) is 12.1 Å². The predicted octanol–water partition coefficient (Wildman–Crippen LogP) is 3.56. The highest BCUT2D eigenvalue weighted by atomic mass is 32.2. The second-order valence-electron chi connectivity index (χ2n) is 4.80. The van der Waals surface area contributed by atoms with Crippen LogP contribution in [0.3, 0.4) is 0 Å². The van der Waals surface area contributed by atoms with Crippen LogP contribution < -0.4 is 4.74 Å². The average molecular weight is 295 g/mol. The molecule has 1 aliphatic rings. The van der Waals surface area contributed by atoms with Gasteiger partial charge in [0.05, 0.1) is 12.6 Å². The van der Waals surface area contributed by atoms with Crippen molar-refractivity contribution >= 4 is 35.1 Å². The third-order valence-corrected chi connectivity index (χ3v) is 5.25. The highest BCUT2D eigenvalue weighted by Gasteiger charge is 2.30. The minimum atomic E-state index is 0.441. The number of imidazole rings is 1. The van der Waals surface area contributed by atoms with Crippen molar-refractivity contribution in [2.45, 2.75) is 30.6 Å². The van der Waals surface area contributed by atoms with Crippen molar-refractivity contribution in [3.05, 3.63) is 16.9 Å². The third-order valence-electron chi connectivity index (χ3n) is 3.80. The van der Waals surface area contributed by atoms with Crippen molar-refractivity contribution in [1.29, 1.82) is 0 Å². The summed E-state index contributed by atoms with van der Waals surface area (Å²) in [4.78, 5) is 7.81. The average Bonchev–Trinajstić information content (AvgIpc) is 3.00. The van der Waals surface area contributed by atoms with Crippen molar-refractivity contribution in [3.63, 3.8) is 0 Å². The molecule has 102 valence electrons. The van der Waals surface area contributed by atoms with E-state index in [2.05, 4.69) is 20.8 Å². The van der Waals surface area contributed by atoms with E-state index in [1.54, 1.807) is 7.11 Å². The van der Waals surface area contributed by atoms with Crippen LogP contribution in [-0.2, 0) is 0 Å². The van der Waals surface area contributed by atoms with Gasteiger partial charge in [-0.2, -0.15) is 16.7 Å². The van der Waals surface area contributed by atoms with Gasteiger partial charge in [-0.25, -0.2) is 0 Å². The molecule has 3 rings (SSSR count). The number of ether oxygens (including phenoxy) is 1. The van der Waals surface area contributed by atoms with E-state index in [4.69, 9.17) is 17.0 Å². The van der Waals surface area contributed by atoms with Crippen LogP contribution in [-0.4, -0.2) is 33.2 Å². The molecule has 19 heavy (non-hydrogen) atoms. The smallest absolute Gasteiger partial charge is 0.215 e. The number of nitrogens with zero attached hydrogens (tertiary/aromatic N) is 2. The first-order valence-corrected chi connectivity index (χ1v) is 8.12. The number of aromatic nitrogens is 3. The maximum absolute atomic E-state index is 5.49. The Hall–Kier alpha value is -1.01. The van der Waals surface area contributed by atoms with Gasteiger partial charge < -0.3 is 9.72 Å². The van der Waals surface area contributed by atoms with Crippen LogP contribution in [0.2, 0.25) is 0 Å². The zero-order valence-electron chi connectivity index (χ0n) is 11.0. The summed E-state index contributed by atoms with van der Waals surface area (Å²) in [7, 11) is 1.64. The fraction of sp³-hybridized carbons (Fsp3) is 0.538. The summed E-state index contributed by atoms with van der Waals surface area (Å²) < 4.78 is 8.17. The molecular formula is C13H17N3OS2. The number of aromatic amines is 1. The monoisotopic (exact) mass is 295 g/mol. The molecule has 0 bridgehead atoms. The molecule has 2 aromatic heterocycles. The number of thioether (sulfide) groups is 1. The molecule has 2 heterocycles. The van der Waals surface area contributed by atoms with E-state index in [9.17, 15) is 0 Å². The van der Waals surface area contributed by atoms with Gasteiger partial charge in [0, 0.05) is 17.4 Å².